The Hall–Kier alpha value is -1.87. The number of nitrogens with zero attached hydrogens (tertiary/aromatic N) is 1. The second-order valence-electron chi connectivity index (χ2n) is 5.16. The van der Waals surface area contributed by atoms with Crippen molar-refractivity contribution in [2.24, 2.45) is 0 Å². The summed E-state index contributed by atoms with van der Waals surface area (Å²) in [6.45, 7) is 1.54. The predicted octanol–water partition coefficient (Wildman–Crippen LogP) is 3.63. The Morgan fingerprint density at radius 3 is 2.85 bits per heavy atom. The van der Waals surface area contributed by atoms with Gasteiger partial charge in [-0.15, -0.1) is 0 Å². The zero-order valence-electron chi connectivity index (χ0n) is 11.7. The van der Waals surface area contributed by atoms with E-state index in [4.69, 9.17) is 0 Å². The first kappa shape index (κ1) is 13.1. The summed E-state index contributed by atoms with van der Waals surface area (Å²) in [7, 11) is 1.89. The number of hydrogen-bond acceptors (Lipinski definition) is 2. The number of fused-ring (bicyclic) bond motifs is 1. The summed E-state index contributed by atoms with van der Waals surface area (Å²) in [5.41, 5.74) is 4.16. The summed E-state index contributed by atoms with van der Waals surface area (Å²) in [6.07, 6.45) is 2.13. The van der Waals surface area contributed by atoms with Crippen molar-refractivity contribution in [3.63, 3.8) is 0 Å². The molecule has 0 fully saturated rings. The van der Waals surface area contributed by atoms with Crippen molar-refractivity contribution in [3.05, 3.63) is 59.4 Å². The summed E-state index contributed by atoms with van der Waals surface area (Å²) >= 11 is 0. The van der Waals surface area contributed by atoms with Gasteiger partial charge in [0.2, 0.25) is 0 Å². The molecule has 0 atom stereocenters. The molecule has 2 aromatic rings. The van der Waals surface area contributed by atoms with Gasteiger partial charge in [-0.3, -0.25) is 0 Å². The van der Waals surface area contributed by atoms with Crippen LogP contribution in [0, 0.1) is 5.82 Å². The largest absolute Gasteiger partial charge is 0.339 e. The van der Waals surface area contributed by atoms with E-state index in [0.29, 0.717) is 12.2 Å². The second-order valence-corrected chi connectivity index (χ2v) is 5.16. The van der Waals surface area contributed by atoms with Gasteiger partial charge in [-0.2, -0.15) is 0 Å². The smallest absolute Gasteiger partial charge is 0.147 e. The molecule has 0 spiro atoms. The standard InChI is InChI=1S/C17H19FN2/c1-19-12-14-7-4-9-15(18)17(14)20-11-5-8-13-6-2-3-10-16(13)20/h2-4,6-7,9-10,19H,5,8,11-12H2,1H3. The highest BCUT2D eigenvalue weighted by Gasteiger charge is 2.22. The molecule has 0 amide bonds. The van der Waals surface area contributed by atoms with Gasteiger partial charge in [0.05, 0.1) is 5.69 Å². The molecule has 0 saturated heterocycles. The Morgan fingerprint density at radius 1 is 1.15 bits per heavy atom. The third-order valence-corrected chi connectivity index (χ3v) is 3.82. The Morgan fingerprint density at radius 2 is 2.00 bits per heavy atom. The van der Waals surface area contributed by atoms with Crippen molar-refractivity contribution in [1.29, 1.82) is 0 Å². The predicted molar refractivity (Wildman–Crippen MR) is 80.9 cm³/mol. The number of anilines is 2. The van der Waals surface area contributed by atoms with Gasteiger partial charge >= 0.3 is 0 Å². The van der Waals surface area contributed by atoms with E-state index < -0.39 is 0 Å². The van der Waals surface area contributed by atoms with Crippen LogP contribution in [-0.4, -0.2) is 13.6 Å². The quantitative estimate of drug-likeness (QED) is 0.916. The summed E-state index contributed by atoms with van der Waals surface area (Å²) in [4.78, 5) is 2.13. The van der Waals surface area contributed by atoms with Crippen LogP contribution in [0.3, 0.4) is 0 Å². The first-order valence-electron chi connectivity index (χ1n) is 7.08. The minimum atomic E-state index is -0.144. The molecule has 1 N–H and O–H groups in total. The van der Waals surface area contributed by atoms with Gasteiger partial charge in [0, 0.05) is 18.8 Å². The molecule has 2 nitrogen and oxygen atoms in total. The van der Waals surface area contributed by atoms with Gasteiger partial charge < -0.3 is 10.2 Å². The molecule has 1 aliphatic rings. The van der Waals surface area contributed by atoms with Crippen LogP contribution in [0.5, 0.6) is 0 Å². The van der Waals surface area contributed by atoms with Crippen molar-refractivity contribution < 1.29 is 4.39 Å². The summed E-state index contributed by atoms with van der Waals surface area (Å²) < 4.78 is 14.4. The molecule has 0 aromatic heterocycles. The van der Waals surface area contributed by atoms with Crippen molar-refractivity contribution in [2.45, 2.75) is 19.4 Å². The molecule has 0 aliphatic carbocycles. The van der Waals surface area contributed by atoms with E-state index in [1.807, 2.05) is 19.2 Å². The van der Waals surface area contributed by atoms with Crippen molar-refractivity contribution >= 4 is 11.4 Å². The summed E-state index contributed by atoms with van der Waals surface area (Å²) in [5, 5.41) is 3.12. The molecule has 1 heterocycles. The SMILES string of the molecule is CNCc1cccc(F)c1N1CCCc2ccccc21. The Balaban J connectivity index is 2.10. The maximum Gasteiger partial charge on any atom is 0.147 e. The third kappa shape index (κ3) is 2.29. The van der Waals surface area contributed by atoms with Crippen LogP contribution in [0.25, 0.3) is 0 Å². The Kier molecular flexibility index (Phi) is 3.70. The molecule has 104 valence electrons. The van der Waals surface area contributed by atoms with E-state index in [1.54, 1.807) is 12.1 Å². The molecule has 20 heavy (non-hydrogen) atoms. The Labute approximate surface area is 119 Å². The fourth-order valence-electron chi connectivity index (χ4n) is 2.96. The van der Waals surface area contributed by atoms with Crippen LogP contribution in [0.2, 0.25) is 0 Å². The Bertz CT molecular complexity index is 610. The average molecular weight is 270 g/mol. The van der Waals surface area contributed by atoms with E-state index in [2.05, 4.69) is 28.4 Å². The van der Waals surface area contributed by atoms with Gasteiger partial charge in [-0.05, 0) is 43.1 Å². The molecule has 0 unspecified atom stereocenters. The lowest BCUT2D eigenvalue weighted by Gasteiger charge is -2.33. The van der Waals surface area contributed by atoms with Crippen molar-refractivity contribution in [3.8, 4) is 0 Å². The normalized spacial score (nSPS) is 14.2. The molecule has 0 bridgehead atoms. The van der Waals surface area contributed by atoms with Crippen LogP contribution < -0.4 is 10.2 Å². The first-order chi connectivity index (χ1) is 9.81. The van der Waals surface area contributed by atoms with Gasteiger partial charge in [-0.25, -0.2) is 4.39 Å². The molecular weight excluding hydrogens is 251 g/mol. The minimum absolute atomic E-state index is 0.144. The topological polar surface area (TPSA) is 15.3 Å². The molecule has 2 aromatic carbocycles. The first-order valence-corrected chi connectivity index (χ1v) is 7.08. The zero-order valence-corrected chi connectivity index (χ0v) is 11.7. The third-order valence-electron chi connectivity index (χ3n) is 3.82. The highest BCUT2D eigenvalue weighted by atomic mass is 19.1. The van der Waals surface area contributed by atoms with Gasteiger partial charge in [0.15, 0.2) is 0 Å². The average Bonchev–Trinajstić information content (AvgIpc) is 2.48. The molecule has 0 saturated carbocycles. The van der Waals surface area contributed by atoms with Crippen LogP contribution >= 0.6 is 0 Å². The van der Waals surface area contributed by atoms with E-state index in [0.717, 1.165) is 30.6 Å². The van der Waals surface area contributed by atoms with Crippen LogP contribution in [0.4, 0.5) is 15.8 Å². The lowest BCUT2D eigenvalue weighted by Crippen LogP contribution is -2.27. The van der Waals surface area contributed by atoms with Gasteiger partial charge in [0.25, 0.3) is 0 Å². The van der Waals surface area contributed by atoms with E-state index in [1.165, 1.54) is 5.56 Å². The van der Waals surface area contributed by atoms with E-state index in [-0.39, 0.29) is 5.82 Å². The van der Waals surface area contributed by atoms with E-state index >= 15 is 0 Å². The molecular formula is C17H19FN2. The van der Waals surface area contributed by atoms with Crippen LogP contribution in [0.1, 0.15) is 17.5 Å². The maximum absolute atomic E-state index is 14.4. The van der Waals surface area contributed by atoms with Crippen LogP contribution in [-0.2, 0) is 13.0 Å². The van der Waals surface area contributed by atoms with Crippen molar-refractivity contribution in [2.75, 3.05) is 18.5 Å². The number of benzene rings is 2. The van der Waals surface area contributed by atoms with Gasteiger partial charge in [-0.1, -0.05) is 30.3 Å². The minimum Gasteiger partial charge on any atom is -0.339 e. The molecule has 3 rings (SSSR count). The lowest BCUT2D eigenvalue weighted by atomic mass is 10.00. The highest BCUT2D eigenvalue weighted by Crippen LogP contribution is 2.36. The summed E-state index contributed by atoms with van der Waals surface area (Å²) in [6, 6.07) is 13.6. The molecule has 1 aliphatic heterocycles. The fourth-order valence-corrected chi connectivity index (χ4v) is 2.96. The number of rotatable bonds is 3. The zero-order chi connectivity index (χ0) is 13.9. The highest BCUT2D eigenvalue weighted by molar-refractivity contribution is 5.70. The number of halogens is 1. The number of para-hydroxylation sites is 2. The second kappa shape index (κ2) is 5.63. The fraction of sp³-hybridized carbons (Fsp3) is 0.294. The monoisotopic (exact) mass is 270 g/mol. The maximum atomic E-state index is 14.4. The van der Waals surface area contributed by atoms with Crippen molar-refractivity contribution in [1.82, 2.24) is 5.32 Å². The molecule has 3 heteroatoms. The van der Waals surface area contributed by atoms with Gasteiger partial charge in [0.1, 0.15) is 5.82 Å². The summed E-state index contributed by atoms with van der Waals surface area (Å²) in [5.74, 6) is -0.144. The molecule has 0 radical (unpaired) electrons. The number of aryl methyl sites for hydroxylation is 1. The van der Waals surface area contributed by atoms with E-state index in [9.17, 15) is 4.39 Å². The number of nitrogens with one attached hydrogen (secondary N) is 1. The lowest BCUT2D eigenvalue weighted by molar-refractivity contribution is 0.616. The van der Waals surface area contributed by atoms with Crippen LogP contribution in [0.15, 0.2) is 42.5 Å². The number of hydrogen-bond donors (Lipinski definition) is 1.